The number of ether oxygens (including phenoxy) is 1. The zero-order chi connectivity index (χ0) is 16.2. The van der Waals surface area contributed by atoms with Gasteiger partial charge in [-0.05, 0) is 19.1 Å². The largest absolute Gasteiger partial charge is 0.507 e. The first kappa shape index (κ1) is 15.1. The maximum absolute atomic E-state index is 12.3. The van der Waals surface area contributed by atoms with Gasteiger partial charge in [0.2, 0.25) is 11.8 Å². The van der Waals surface area contributed by atoms with Crippen molar-refractivity contribution >= 4 is 11.8 Å². The predicted octanol–water partition coefficient (Wildman–Crippen LogP) is 1.01. The van der Waals surface area contributed by atoms with Crippen molar-refractivity contribution in [1.82, 2.24) is 15.3 Å². The number of aromatic nitrogens is 2. The number of hydrogen-bond donors (Lipinski definition) is 3. The van der Waals surface area contributed by atoms with Gasteiger partial charge in [0.05, 0.1) is 11.9 Å². The molecular formula is C16H18N4O3. The van der Waals surface area contributed by atoms with Crippen LogP contribution in [0.25, 0.3) is 0 Å². The van der Waals surface area contributed by atoms with Crippen molar-refractivity contribution in [2.45, 2.75) is 25.5 Å². The van der Waals surface area contributed by atoms with Crippen molar-refractivity contribution in [2.75, 3.05) is 6.54 Å². The molecule has 1 aliphatic heterocycles. The summed E-state index contributed by atoms with van der Waals surface area (Å²) in [6.45, 7) is 2.28. The molecule has 7 nitrogen and oxygen atoms in total. The minimum atomic E-state index is -0.619. The Bertz CT molecular complexity index is 712. The van der Waals surface area contributed by atoms with E-state index in [0.717, 1.165) is 5.69 Å². The minimum Gasteiger partial charge on any atom is -0.507 e. The Morgan fingerprint density at radius 3 is 3.00 bits per heavy atom. The number of benzene rings is 1. The van der Waals surface area contributed by atoms with Crippen LogP contribution in [-0.4, -0.2) is 45.6 Å². The van der Waals surface area contributed by atoms with Crippen LogP contribution >= 0.6 is 0 Å². The van der Waals surface area contributed by atoms with Gasteiger partial charge >= 0.3 is 0 Å². The van der Waals surface area contributed by atoms with Crippen LogP contribution in [0.4, 0.5) is 0 Å². The van der Waals surface area contributed by atoms with Crippen LogP contribution in [0, 0.1) is 0 Å². The number of nitrogens with one attached hydrogen (secondary N) is 2. The fourth-order valence-electron chi connectivity index (χ4n) is 2.41. The quantitative estimate of drug-likeness (QED) is 0.767. The van der Waals surface area contributed by atoms with E-state index in [0.29, 0.717) is 24.4 Å². The number of amides is 1. The third-order valence-corrected chi connectivity index (χ3v) is 3.65. The molecule has 1 aliphatic rings. The van der Waals surface area contributed by atoms with Crippen LogP contribution < -0.4 is 5.32 Å². The fourth-order valence-corrected chi connectivity index (χ4v) is 2.41. The summed E-state index contributed by atoms with van der Waals surface area (Å²) >= 11 is 0. The predicted molar refractivity (Wildman–Crippen MR) is 84.3 cm³/mol. The second-order valence-electron chi connectivity index (χ2n) is 5.34. The number of aromatic hydroxyl groups is 1. The summed E-state index contributed by atoms with van der Waals surface area (Å²) in [6.07, 6.45) is 3.62. The van der Waals surface area contributed by atoms with Crippen LogP contribution in [-0.2, 0) is 16.0 Å². The Hall–Kier alpha value is -2.83. The van der Waals surface area contributed by atoms with Crippen LogP contribution in [0.5, 0.6) is 5.75 Å². The molecule has 0 bridgehead atoms. The first-order valence-corrected chi connectivity index (χ1v) is 7.43. The number of H-pyrrole nitrogens is 1. The van der Waals surface area contributed by atoms with E-state index in [9.17, 15) is 9.90 Å². The molecule has 0 fully saturated rings. The fraction of sp³-hybridized carbons (Fsp3) is 0.312. The second-order valence-corrected chi connectivity index (χ2v) is 5.34. The smallest absolute Gasteiger partial charge is 0.248 e. The Morgan fingerprint density at radius 2 is 2.26 bits per heavy atom. The summed E-state index contributed by atoms with van der Waals surface area (Å²) in [6, 6.07) is 6.15. The van der Waals surface area contributed by atoms with Crippen molar-refractivity contribution in [3.63, 3.8) is 0 Å². The van der Waals surface area contributed by atoms with Crippen LogP contribution in [0.1, 0.15) is 18.2 Å². The lowest BCUT2D eigenvalue weighted by Crippen LogP contribution is -2.39. The highest BCUT2D eigenvalue weighted by molar-refractivity contribution is 6.00. The number of aliphatic imine (C=N–C) groups is 1. The third-order valence-electron chi connectivity index (χ3n) is 3.65. The summed E-state index contributed by atoms with van der Waals surface area (Å²) in [5.41, 5.74) is 1.45. The van der Waals surface area contributed by atoms with Gasteiger partial charge in [-0.25, -0.2) is 9.98 Å². The van der Waals surface area contributed by atoms with E-state index in [-0.39, 0.29) is 17.8 Å². The number of carbonyl (C=O) groups excluding carboxylic acids is 1. The second kappa shape index (κ2) is 6.51. The standard InChI is InChI=1S/C16H18N4O3/c1-10-14(15(22)18-7-6-11-8-17-9-19-11)20-16(23-10)12-4-2-3-5-13(12)21/h2-5,8-10,14,21H,6-7H2,1H3,(H,17,19)(H,18,22)/t10-,14?/m1/s1. The molecule has 0 saturated heterocycles. The van der Waals surface area contributed by atoms with E-state index in [1.165, 1.54) is 0 Å². The number of rotatable bonds is 5. The van der Waals surface area contributed by atoms with Crippen LogP contribution in [0.2, 0.25) is 0 Å². The van der Waals surface area contributed by atoms with Crippen LogP contribution in [0.15, 0.2) is 41.8 Å². The molecule has 1 aromatic heterocycles. The maximum atomic E-state index is 12.3. The number of phenolic OH excluding ortho intramolecular Hbond substituents is 1. The van der Waals surface area contributed by atoms with Crippen LogP contribution in [0.3, 0.4) is 0 Å². The molecule has 0 saturated carbocycles. The SMILES string of the molecule is C[C@H]1OC(c2ccccc2O)=NC1C(=O)NCCc1cnc[nH]1. The van der Waals surface area contributed by atoms with E-state index in [4.69, 9.17) is 4.74 Å². The lowest BCUT2D eigenvalue weighted by molar-refractivity contribution is -0.123. The number of imidazole rings is 1. The van der Waals surface area contributed by atoms with Gasteiger partial charge in [0.15, 0.2) is 6.04 Å². The van der Waals surface area contributed by atoms with Crippen molar-refractivity contribution < 1.29 is 14.6 Å². The normalized spacial score (nSPS) is 20.0. The summed E-state index contributed by atoms with van der Waals surface area (Å²) in [5, 5.41) is 12.7. The first-order chi connectivity index (χ1) is 11.1. The zero-order valence-corrected chi connectivity index (χ0v) is 12.7. The summed E-state index contributed by atoms with van der Waals surface area (Å²) < 4.78 is 5.63. The molecule has 1 amide bonds. The van der Waals surface area contributed by atoms with Gasteiger partial charge in [-0.15, -0.1) is 0 Å². The highest BCUT2D eigenvalue weighted by atomic mass is 16.5. The summed E-state index contributed by atoms with van der Waals surface area (Å²) in [4.78, 5) is 23.5. The van der Waals surface area contributed by atoms with Gasteiger partial charge in [0, 0.05) is 24.9 Å². The molecule has 120 valence electrons. The number of para-hydroxylation sites is 1. The number of phenols is 1. The summed E-state index contributed by atoms with van der Waals surface area (Å²) in [5.74, 6) is 0.186. The molecule has 3 rings (SSSR count). The van der Waals surface area contributed by atoms with E-state index < -0.39 is 6.04 Å². The number of carbonyl (C=O) groups is 1. The highest BCUT2D eigenvalue weighted by Gasteiger charge is 2.34. The molecule has 0 radical (unpaired) electrons. The van der Waals surface area contributed by atoms with Gasteiger partial charge in [-0.2, -0.15) is 0 Å². The van der Waals surface area contributed by atoms with Gasteiger partial charge in [-0.3, -0.25) is 4.79 Å². The van der Waals surface area contributed by atoms with E-state index in [1.807, 2.05) is 0 Å². The molecule has 3 N–H and O–H groups in total. The Morgan fingerprint density at radius 1 is 1.43 bits per heavy atom. The molecule has 1 aromatic carbocycles. The zero-order valence-electron chi connectivity index (χ0n) is 12.7. The van der Waals surface area contributed by atoms with Gasteiger partial charge < -0.3 is 20.1 Å². The molecule has 7 heteroatoms. The Balaban J connectivity index is 1.63. The lowest BCUT2D eigenvalue weighted by atomic mass is 10.2. The molecule has 0 spiro atoms. The van der Waals surface area contributed by atoms with Crippen molar-refractivity contribution in [2.24, 2.45) is 4.99 Å². The van der Waals surface area contributed by atoms with E-state index >= 15 is 0 Å². The van der Waals surface area contributed by atoms with Crippen molar-refractivity contribution in [3.05, 3.63) is 48.0 Å². The first-order valence-electron chi connectivity index (χ1n) is 7.43. The number of nitrogens with zero attached hydrogens (tertiary/aromatic N) is 2. The third kappa shape index (κ3) is 3.33. The Labute approximate surface area is 133 Å². The average molecular weight is 314 g/mol. The van der Waals surface area contributed by atoms with Gasteiger partial charge in [0.1, 0.15) is 11.9 Å². The van der Waals surface area contributed by atoms with Crippen molar-refractivity contribution in [1.29, 1.82) is 0 Å². The molecule has 2 heterocycles. The van der Waals surface area contributed by atoms with E-state index in [2.05, 4.69) is 20.3 Å². The molecular weight excluding hydrogens is 296 g/mol. The van der Waals surface area contributed by atoms with Crippen molar-refractivity contribution in [3.8, 4) is 5.75 Å². The maximum Gasteiger partial charge on any atom is 0.248 e. The molecule has 1 unspecified atom stereocenters. The monoisotopic (exact) mass is 314 g/mol. The van der Waals surface area contributed by atoms with Gasteiger partial charge in [-0.1, -0.05) is 12.1 Å². The lowest BCUT2D eigenvalue weighted by Gasteiger charge is -2.12. The Kier molecular flexibility index (Phi) is 4.27. The van der Waals surface area contributed by atoms with E-state index in [1.54, 1.807) is 43.7 Å². The molecule has 23 heavy (non-hydrogen) atoms. The molecule has 2 atom stereocenters. The topological polar surface area (TPSA) is 99.6 Å². The average Bonchev–Trinajstić information content (AvgIpc) is 3.17. The number of aromatic amines is 1. The molecule has 2 aromatic rings. The minimum absolute atomic E-state index is 0.0822. The van der Waals surface area contributed by atoms with Gasteiger partial charge in [0.25, 0.3) is 0 Å². The number of hydrogen-bond acceptors (Lipinski definition) is 5. The summed E-state index contributed by atoms with van der Waals surface area (Å²) in [7, 11) is 0. The highest BCUT2D eigenvalue weighted by Crippen LogP contribution is 2.23. The molecule has 0 aliphatic carbocycles.